The molecule has 1 atom stereocenters. The van der Waals surface area contributed by atoms with Gasteiger partial charge in [0, 0.05) is 32.1 Å². The number of thiophene rings is 1. The molecule has 6 nitrogen and oxygen atoms in total. The maximum Gasteiger partial charge on any atom is 0.267 e. The van der Waals surface area contributed by atoms with Crippen molar-refractivity contribution in [2.45, 2.75) is 31.7 Å². The Kier molecular flexibility index (Phi) is 7.64. The number of carbonyl (C=O) groups excluding carboxylic acids is 3. The lowest BCUT2D eigenvalue weighted by atomic mass is 10.0. The molecule has 0 saturated carbocycles. The van der Waals surface area contributed by atoms with Crippen molar-refractivity contribution in [1.82, 2.24) is 15.5 Å². The van der Waals surface area contributed by atoms with E-state index in [1.54, 1.807) is 10.3 Å². The lowest BCUT2D eigenvalue weighted by Crippen LogP contribution is -2.49. The summed E-state index contributed by atoms with van der Waals surface area (Å²) in [6.45, 7) is 1.09. The lowest BCUT2D eigenvalue weighted by Gasteiger charge is -2.35. The Labute approximate surface area is 154 Å². The molecule has 0 bridgehead atoms. The van der Waals surface area contributed by atoms with E-state index < -0.39 is 5.82 Å². The van der Waals surface area contributed by atoms with Crippen molar-refractivity contribution >= 4 is 40.7 Å². The van der Waals surface area contributed by atoms with Crippen LogP contribution in [0.15, 0.2) is 11.4 Å². The fraction of sp³-hybridized carbons (Fsp3) is 0.562. The zero-order chi connectivity index (χ0) is 18.2. The summed E-state index contributed by atoms with van der Waals surface area (Å²) in [6, 6.07) is 1.14. The smallest absolute Gasteiger partial charge is 0.267 e. The van der Waals surface area contributed by atoms with E-state index in [0.717, 1.165) is 30.6 Å². The van der Waals surface area contributed by atoms with Gasteiger partial charge in [0.2, 0.25) is 11.8 Å². The van der Waals surface area contributed by atoms with Crippen LogP contribution in [-0.4, -0.2) is 54.2 Å². The molecule has 0 spiro atoms. The average Bonchev–Trinajstić information content (AvgIpc) is 3.05. The largest absolute Gasteiger partial charge is 0.355 e. The van der Waals surface area contributed by atoms with Crippen LogP contribution in [0.2, 0.25) is 0 Å². The molecule has 1 saturated heterocycles. The van der Waals surface area contributed by atoms with Gasteiger partial charge in [-0.2, -0.15) is 0 Å². The first-order valence-electron chi connectivity index (χ1n) is 8.16. The van der Waals surface area contributed by atoms with E-state index in [1.807, 2.05) is 0 Å². The first-order valence-corrected chi connectivity index (χ1v) is 9.57. The normalized spacial score (nSPS) is 17.2. The Morgan fingerprint density at radius 3 is 2.76 bits per heavy atom. The van der Waals surface area contributed by atoms with Crippen molar-refractivity contribution < 1.29 is 18.8 Å². The Bertz CT molecular complexity index is 626. The number of rotatable bonds is 7. The van der Waals surface area contributed by atoms with Crippen molar-refractivity contribution in [2.24, 2.45) is 0 Å². The summed E-state index contributed by atoms with van der Waals surface area (Å²) in [6.07, 6.45) is 2.74. The van der Waals surface area contributed by atoms with Crippen molar-refractivity contribution in [1.29, 1.82) is 0 Å². The van der Waals surface area contributed by atoms with Crippen molar-refractivity contribution in [2.75, 3.05) is 25.5 Å². The number of likely N-dealkylation sites (tertiary alicyclic amines) is 1. The molecule has 1 fully saturated rings. The topological polar surface area (TPSA) is 78.5 Å². The fourth-order valence-corrected chi connectivity index (χ4v) is 3.56. The van der Waals surface area contributed by atoms with E-state index in [1.165, 1.54) is 6.07 Å². The zero-order valence-electron chi connectivity index (χ0n) is 13.7. The van der Waals surface area contributed by atoms with Gasteiger partial charge in [-0.05, 0) is 30.7 Å². The van der Waals surface area contributed by atoms with Gasteiger partial charge in [-0.25, -0.2) is 4.39 Å². The van der Waals surface area contributed by atoms with Crippen LogP contribution >= 0.6 is 22.9 Å². The molecule has 2 heterocycles. The predicted octanol–water partition coefficient (Wildman–Crippen LogP) is 1.74. The third-order valence-corrected chi connectivity index (χ3v) is 5.15. The molecule has 0 aromatic carbocycles. The highest BCUT2D eigenvalue weighted by molar-refractivity contribution is 7.12. The van der Waals surface area contributed by atoms with E-state index in [2.05, 4.69) is 10.6 Å². The number of nitrogens with one attached hydrogen (secondary N) is 2. The summed E-state index contributed by atoms with van der Waals surface area (Å²) in [7, 11) is 0. The number of carbonyl (C=O) groups is 3. The first-order chi connectivity index (χ1) is 12.0. The summed E-state index contributed by atoms with van der Waals surface area (Å²) >= 11 is 6.44. The van der Waals surface area contributed by atoms with Gasteiger partial charge < -0.3 is 15.5 Å². The van der Waals surface area contributed by atoms with Gasteiger partial charge in [-0.1, -0.05) is 0 Å². The molecule has 138 valence electrons. The molecule has 1 aromatic heterocycles. The Morgan fingerprint density at radius 1 is 1.28 bits per heavy atom. The van der Waals surface area contributed by atoms with E-state index in [9.17, 15) is 18.8 Å². The van der Waals surface area contributed by atoms with Gasteiger partial charge in [0.25, 0.3) is 5.91 Å². The zero-order valence-corrected chi connectivity index (χ0v) is 15.3. The number of hydrogen-bond acceptors (Lipinski definition) is 4. The summed E-state index contributed by atoms with van der Waals surface area (Å²) < 4.78 is 13.7. The molecule has 9 heteroatoms. The van der Waals surface area contributed by atoms with Crippen LogP contribution in [0.4, 0.5) is 4.39 Å². The molecule has 3 amide bonds. The molecule has 0 radical (unpaired) electrons. The Morgan fingerprint density at radius 2 is 2.08 bits per heavy atom. The number of hydrogen-bond donors (Lipinski definition) is 2. The Balaban J connectivity index is 1.84. The predicted molar refractivity (Wildman–Crippen MR) is 94.3 cm³/mol. The molecule has 1 aliphatic rings. The second-order valence-corrected chi connectivity index (χ2v) is 6.97. The highest BCUT2D eigenvalue weighted by Gasteiger charge is 2.29. The summed E-state index contributed by atoms with van der Waals surface area (Å²) in [5.41, 5.74) is 0. The summed E-state index contributed by atoms with van der Waals surface area (Å²) in [5.74, 6) is -1.49. The second kappa shape index (κ2) is 9.72. The average molecular weight is 390 g/mol. The van der Waals surface area contributed by atoms with Crippen molar-refractivity contribution in [3.8, 4) is 0 Å². The van der Waals surface area contributed by atoms with Gasteiger partial charge in [0.05, 0.1) is 0 Å². The van der Waals surface area contributed by atoms with Crippen molar-refractivity contribution in [3.63, 3.8) is 0 Å². The Hall–Kier alpha value is -1.67. The minimum Gasteiger partial charge on any atom is -0.355 e. The van der Waals surface area contributed by atoms with Gasteiger partial charge >= 0.3 is 0 Å². The third kappa shape index (κ3) is 5.67. The molecule has 2 N–H and O–H groups in total. The molecule has 25 heavy (non-hydrogen) atoms. The van der Waals surface area contributed by atoms with E-state index in [-0.39, 0.29) is 47.5 Å². The summed E-state index contributed by atoms with van der Waals surface area (Å²) in [5, 5.41) is 6.85. The summed E-state index contributed by atoms with van der Waals surface area (Å²) in [4.78, 5) is 37.2. The van der Waals surface area contributed by atoms with Crippen LogP contribution in [0.1, 0.15) is 35.4 Å². The molecular formula is C16H21ClFN3O3S. The number of nitrogens with zero attached hydrogens (tertiary/aromatic N) is 1. The minimum atomic E-state index is -0.501. The first kappa shape index (κ1) is 19.7. The van der Waals surface area contributed by atoms with Gasteiger partial charge in [-0.15, -0.1) is 22.9 Å². The maximum atomic E-state index is 13.7. The van der Waals surface area contributed by atoms with E-state index in [4.69, 9.17) is 11.6 Å². The van der Waals surface area contributed by atoms with Crippen LogP contribution in [0.3, 0.4) is 0 Å². The standard InChI is InChI=1S/C16H21ClFN3O3S/c17-9-14(23)19-6-4-13(22)20-10-11-3-1-2-7-21(11)16(24)15-12(18)5-8-25-15/h5,8,11H,1-4,6-7,9-10H2,(H,19,23)(H,20,22). The van der Waals surface area contributed by atoms with Gasteiger partial charge in [-0.3, -0.25) is 14.4 Å². The SMILES string of the molecule is O=C(CCl)NCCC(=O)NCC1CCCCN1C(=O)c1sccc1F. The molecule has 1 aliphatic heterocycles. The monoisotopic (exact) mass is 389 g/mol. The number of piperidine rings is 1. The highest BCUT2D eigenvalue weighted by Crippen LogP contribution is 2.23. The maximum absolute atomic E-state index is 13.7. The van der Waals surface area contributed by atoms with Gasteiger partial charge in [0.1, 0.15) is 16.6 Å². The molecule has 2 rings (SSSR count). The van der Waals surface area contributed by atoms with Crippen LogP contribution in [0.25, 0.3) is 0 Å². The van der Waals surface area contributed by atoms with Crippen LogP contribution < -0.4 is 10.6 Å². The highest BCUT2D eigenvalue weighted by atomic mass is 35.5. The van der Waals surface area contributed by atoms with E-state index in [0.29, 0.717) is 13.1 Å². The molecule has 0 aliphatic carbocycles. The lowest BCUT2D eigenvalue weighted by molar-refractivity contribution is -0.121. The number of amides is 3. The quantitative estimate of drug-likeness (QED) is 0.697. The number of halogens is 2. The van der Waals surface area contributed by atoms with Crippen LogP contribution in [-0.2, 0) is 9.59 Å². The number of alkyl halides is 1. The second-order valence-electron chi connectivity index (χ2n) is 5.78. The third-order valence-electron chi connectivity index (χ3n) is 4.03. The molecule has 1 unspecified atom stereocenters. The van der Waals surface area contributed by atoms with Crippen LogP contribution in [0.5, 0.6) is 0 Å². The van der Waals surface area contributed by atoms with Gasteiger partial charge in [0.15, 0.2) is 0 Å². The fourth-order valence-electron chi connectivity index (χ4n) is 2.74. The minimum absolute atomic E-state index is 0.113. The van der Waals surface area contributed by atoms with Crippen LogP contribution in [0, 0.1) is 5.82 Å². The van der Waals surface area contributed by atoms with E-state index >= 15 is 0 Å². The molecule has 1 aromatic rings. The molecular weight excluding hydrogens is 369 g/mol. The van der Waals surface area contributed by atoms with Crippen molar-refractivity contribution in [3.05, 3.63) is 22.1 Å².